The highest BCUT2D eigenvalue weighted by molar-refractivity contribution is 5.93. The molecule has 0 aliphatic heterocycles. The fourth-order valence-corrected chi connectivity index (χ4v) is 3.48. The number of hydrogen-bond donors (Lipinski definition) is 3. The molecule has 0 saturated heterocycles. The summed E-state index contributed by atoms with van der Waals surface area (Å²) in [7, 11) is 0. The zero-order chi connectivity index (χ0) is 22.1. The first-order chi connectivity index (χ1) is 14.3. The Labute approximate surface area is 179 Å². The SMILES string of the molecule is CC(C)=CCCC(C)=CCc1c(O)cc(CCCc2ccccc2)c(C(=O)O)c1O. The minimum absolute atomic E-state index is 0.0550. The summed E-state index contributed by atoms with van der Waals surface area (Å²) in [4.78, 5) is 11.8. The molecule has 4 heteroatoms. The Kier molecular flexibility index (Phi) is 8.72. The van der Waals surface area contributed by atoms with Crippen LogP contribution in [0.15, 0.2) is 59.7 Å². The summed E-state index contributed by atoms with van der Waals surface area (Å²) in [6, 6.07) is 11.5. The first-order valence-electron chi connectivity index (χ1n) is 10.4. The average Bonchev–Trinajstić information content (AvgIpc) is 2.67. The molecule has 2 rings (SSSR count). The van der Waals surface area contributed by atoms with Gasteiger partial charge in [0.05, 0.1) is 0 Å². The summed E-state index contributed by atoms with van der Waals surface area (Å²) in [5, 5.41) is 30.7. The number of carboxylic acid groups (broad SMARTS) is 1. The van der Waals surface area contributed by atoms with Crippen molar-refractivity contribution in [2.45, 2.75) is 59.3 Å². The van der Waals surface area contributed by atoms with Crippen molar-refractivity contribution in [3.63, 3.8) is 0 Å². The molecular formula is C26H32O4. The molecule has 0 aromatic heterocycles. The molecule has 0 spiro atoms. The molecule has 0 aliphatic rings. The molecule has 0 radical (unpaired) electrons. The number of rotatable bonds is 10. The number of benzene rings is 2. The second-order valence-corrected chi connectivity index (χ2v) is 7.98. The third kappa shape index (κ3) is 6.80. The number of allylic oxidation sites excluding steroid dienone is 4. The summed E-state index contributed by atoms with van der Waals surface area (Å²) < 4.78 is 0. The van der Waals surface area contributed by atoms with Gasteiger partial charge >= 0.3 is 5.97 Å². The van der Waals surface area contributed by atoms with Gasteiger partial charge in [-0.15, -0.1) is 0 Å². The molecule has 0 aliphatic carbocycles. The van der Waals surface area contributed by atoms with Crippen LogP contribution >= 0.6 is 0 Å². The Hall–Kier alpha value is -3.01. The summed E-state index contributed by atoms with van der Waals surface area (Å²) in [6.07, 6.45) is 8.22. The summed E-state index contributed by atoms with van der Waals surface area (Å²) in [6.45, 7) is 6.12. The number of carboxylic acids is 1. The van der Waals surface area contributed by atoms with E-state index in [0.717, 1.165) is 31.3 Å². The smallest absolute Gasteiger partial charge is 0.339 e. The number of hydrogen-bond acceptors (Lipinski definition) is 3. The number of aromatic carboxylic acids is 1. The highest BCUT2D eigenvalue weighted by Gasteiger charge is 2.21. The highest BCUT2D eigenvalue weighted by Crippen LogP contribution is 2.35. The van der Waals surface area contributed by atoms with Crippen LogP contribution in [0.1, 0.15) is 67.1 Å². The Balaban J connectivity index is 2.16. The molecule has 0 saturated carbocycles. The van der Waals surface area contributed by atoms with Crippen LogP contribution in [0.25, 0.3) is 0 Å². The third-order valence-electron chi connectivity index (χ3n) is 5.18. The van der Waals surface area contributed by atoms with Crippen LogP contribution in [0.5, 0.6) is 11.5 Å². The fraction of sp³-hybridized carbons (Fsp3) is 0.346. The van der Waals surface area contributed by atoms with Gasteiger partial charge in [-0.1, -0.05) is 53.6 Å². The van der Waals surface area contributed by atoms with Crippen molar-refractivity contribution >= 4 is 5.97 Å². The topological polar surface area (TPSA) is 77.8 Å². The Bertz CT molecular complexity index is 920. The van der Waals surface area contributed by atoms with Crippen LogP contribution < -0.4 is 0 Å². The molecule has 3 N–H and O–H groups in total. The van der Waals surface area contributed by atoms with E-state index in [1.807, 2.05) is 43.3 Å². The van der Waals surface area contributed by atoms with E-state index in [4.69, 9.17) is 0 Å². The second-order valence-electron chi connectivity index (χ2n) is 7.98. The predicted octanol–water partition coefficient (Wildman–Crippen LogP) is 6.21. The van der Waals surface area contributed by atoms with Gasteiger partial charge in [-0.25, -0.2) is 4.79 Å². The minimum Gasteiger partial charge on any atom is -0.508 e. The first-order valence-corrected chi connectivity index (χ1v) is 10.4. The van der Waals surface area contributed by atoms with Gasteiger partial charge in [0.1, 0.15) is 17.1 Å². The number of phenols is 2. The molecule has 0 heterocycles. The summed E-state index contributed by atoms with van der Waals surface area (Å²) >= 11 is 0. The predicted molar refractivity (Wildman–Crippen MR) is 121 cm³/mol. The zero-order valence-electron chi connectivity index (χ0n) is 18.1. The van der Waals surface area contributed by atoms with E-state index < -0.39 is 5.97 Å². The van der Waals surface area contributed by atoms with Crippen molar-refractivity contribution in [3.05, 3.63) is 82.0 Å². The van der Waals surface area contributed by atoms with Gasteiger partial charge in [-0.3, -0.25) is 0 Å². The van der Waals surface area contributed by atoms with Gasteiger partial charge in [0.25, 0.3) is 0 Å². The molecule has 4 nitrogen and oxygen atoms in total. The van der Waals surface area contributed by atoms with Gasteiger partial charge in [0, 0.05) is 5.56 Å². The van der Waals surface area contributed by atoms with Gasteiger partial charge in [0.15, 0.2) is 0 Å². The Morgan fingerprint density at radius 3 is 2.33 bits per heavy atom. The van der Waals surface area contributed by atoms with E-state index in [1.165, 1.54) is 17.2 Å². The van der Waals surface area contributed by atoms with Crippen LogP contribution in [0.2, 0.25) is 0 Å². The fourth-order valence-electron chi connectivity index (χ4n) is 3.48. The van der Waals surface area contributed by atoms with E-state index in [1.54, 1.807) is 0 Å². The van der Waals surface area contributed by atoms with E-state index in [9.17, 15) is 20.1 Å². The molecular weight excluding hydrogens is 376 g/mol. The third-order valence-corrected chi connectivity index (χ3v) is 5.18. The van der Waals surface area contributed by atoms with Crippen LogP contribution in [-0.2, 0) is 19.3 Å². The van der Waals surface area contributed by atoms with E-state index in [-0.39, 0.29) is 22.6 Å². The van der Waals surface area contributed by atoms with Gasteiger partial charge < -0.3 is 15.3 Å². The summed E-state index contributed by atoms with van der Waals surface area (Å²) in [5.74, 6) is -1.56. The van der Waals surface area contributed by atoms with Crippen molar-refractivity contribution < 1.29 is 20.1 Å². The largest absolute Gasteiger partial charge is 0.508 e. The van der Waals surface area contributed by atoms with Gasteiger partial charge in [-0.2, -0.15) is 0 Å². The van der Waals surface area contributed by atoms with E-state index >= 15 is 0 Å². The van der Waals surface area contributed by atoms with Crippen LogP contribution in [0.3, 0.4) is 0 Å². The molecule has 0 fully saturated rings. The molecule has 0 bridgehead atoms. The van der Waals surface area contributed by atoms with Gasteiger partial charge in [-0.05, 0) is 76.5 Å². The quantitative estimate of drug-likeness (QED) is 0.409. The van der Waals surface area contributed by atoms with Crippen LogP contribution in [0.4, 0.5) is 0 Å². The minimum atomic E-state index is -1.17. The molecule has 2 aromatic rings. The van der Waals surface area contributed by atoms with Crippen molar-refractivity contribution in [1.29, 1.82) is 0 Å². The average molecular weight is 409 g/mol. The summed E-state index contributed by atoms with van der Waals surface area (Å²) in [5.41, 5.74) is 4.20. The van der Waals surface area contributed by atoms with Crippen molar-refractivity contribution in [1.82, 2.24) is 0 Å². The van der Waals surface area contributed by atoms with E-state index in [0.29, 0.717) is 18.4 Å². The number of carbonyl (C=O) groups is 1. The highest BCUT2D eigenvalue weighted by atomic mass is 16.4. The molecule has 2 aromatic carbocycles. The Morgan fingerprint density at radius 1 is 1.00 bits per heavy atom. The zero-order valence-corrected chi connectivity index (χ0v) is 18.1. The molecule has 160 valence electrons. The maximum atomic E-state index is 11.8. The molecule has 30 heavy (non-hydrogen) atoms. The number of aromatic hydroxyl groups is 2. The second kappa shape index (κ2) is 11.2. The first kappa shape index (κ1) is 23.3. The molecule has 0 unspecified atom stereocenters. The van der Waals surface area contributed by atoms with Crippen LogP contribution in [-0.4, -0.2) is 21.3 Å². The lowest BCUT2D eigenvalue weighted by molar-refractivity contribution is 0.0692. The maximum absolute atomic E-state index is 11.8. The Morgan fingerprint density at radius 2 is 1.70 bits per heavy atom. The lowest BCUT2D eigenvalue weighted by atomic mass is 9.94. The molecule has 0 amide bonds. The number of phenolic OH excluding ortho intramolecular Hbond substituents is 1. The monoisotopic (exact) mass is 408 g/mol. The molecule has 0 atom stereocenters. The number of aryl methyl sites for hydroxylation is 2. The lowest BCUT2D eigenvalue weighted by Gasteiger charge is -2.14. The maximum Gasteiger partial charge on any atom is 0.339 e. The van der Waals surface area contributed by atoms with Crippen molar-refractivity contribution in [2.24, 2.45) is 0 Å². The normalized spacial score (nSPS) is 11.4. The lowest BCUT2D eigenvalue weighted by Crippen LogP contribution is -2.06. The standard InChI is InChI=1S/C26H32O4/c1-18(2)9-7-10-19(3)15-16-22-23(27)17-21(24(25(22)28)26(29)30)14-8-13-20-11-5-4-6-12-20/h4-6,9,11-12,15,17,27-28H,7-8,10,13-14,16H2,1-3H3,(H,29,30). The van der Waals surface area contributed by atoms with Crippen LogP contribution in [0, 0.1) is 0 Å². The van der Waals surface area contributed by atoms with Crippen molar-refractivity contribution in [2.75, 3.05) is 0 Å². The van der Waals surface area contributed by atoms with Crippen molar-refractivity contribution in [3.8, 4) is 11.5 Å². The van der Waals surface area contributed by atoms with Gasteiger partial charge in [0.2, 0.25) is 0 Å². The van der Waals surface area contributed by atoms with E-state index in [2.05, 4.69) is 19.9 Å².